The van der Waals surface area contributed by atoms with Gasteiger partial charge in [0.1, 0.15) is 5.82 Å². The van der Waals surface area contributed by atoms with Gasteiger partial charge in [0.05, 0.1) is 18.2 Å². The molecule has 2 N–H and O–H groups in total. The molecule has 0 aliphatic heterocycles. The number of benzene rings is 1. The van der Waals surface area contributed by atoms with Crippen LogP contribution in [0.5, 0.6) is 0 Å². The van der Waals surface area contributed by atoms with E-state index in [1.165, 1.54) is 0 Å². The quantitative estimate of drug-likeness (QED) is 0.910. The molecule has 0 amide bonds. The highest BCUT2D eigenvalue weighted by Gasteiger charge is 2.10. The average Bonchev–Trinajstić information content (AvgIpc) is 2.31. The van der Waals surface area contributed by atoms with Crippen LogP contribution < -0.4 is 5.73 Å². The van der Waals surface area contributed by atoms with Crippen LogP contribution in [0.2, 0.25) is 10.0 Å². The minimum absolute atomic E-state index is 0.180. The third-order valence-corrected chi connectivity index (χ3v) is 3.01. The van der Waals surface area contributed by atoms with Gasteiger partial charge in [-0.05, 0) is 24.3 Å². The molecule has 0 aliphatic rings. The van der Waals surface area contributed by atoms with Gasteiger partial charge in [-0.25, -0.2) is 4.98 Å². The number of nitrogen functional groups attached to an aromatic ring is 1. The van der Waals surface area contributed by atoms with Crippen molar-refractivity contribution < 1.29 is 0 Å². The second-order valence-electron chi connectivity index (χ2n) is 3.69. The number of anilines is 1. The molecule has 0 spiro atoms. The number of rotatable bonds is 2. The van der Waals surface area contributed by atoms with E-state index in [1.54, 1.807) is 24.3 Å². The van der Waals surface area contributed by atoms with Crippen molar-refractivity contribution >= 4 is 29.0 Å². The van der Waals surface area contributed by atoms with E-state index >= 15 is 0 Å². The molecule has 2 rings (SSSR count). The van der Waals surface area contributed by atoms with Crippen LogP contribution in [0.1, 0.15) is 5.69 Å². The van der Waals surface area contributed by atoms with Gasteiger partial charge in [0.15, 0.2) is 0 Å². The first-order valence-corrected chi connectivity index (χ1v) is 5.95. The van der Waals surface area contributed by atoms with Crippen molar-refractivity contribution in [1.29, 1.82) is 5.26 Å². The first kappa shape index (κ1) is 12.7. The molecule has 1 aromatic heterocycles. The van der Waals surface area contributed by atoms with Crippen LogP contribution in [0, 0.1) is 11.3 Å². The van der Waals surface area contributed by atoms with E-state index in [2.05, 4.69) is 11.1 Å². The molecule has 18 heavy (non-hydrogen) atoms. The lowest BCUT2D eigenvalue weighted by molar-refractivity contribution is 1.13. The molecule has 0 bridgehead atoms. The molecule has 0 fully saturated rings. The van der Waals surface area contributed by atoms with E-state index in [-0.39, 0.29) is 6.42 Å². The lowest BCUT2D eigenvalue weighted by atomic mass is 10.0. The van der Waals surface area contributed by atoms with Gasteiger partial charge in [-0.3, -0.25) is 0 Å². The van der Waals surface area contributed by atoms with Crippen molar-refractivity contribution in [3.8, 4) is 17.2 Å². The third-order valence-electron chi connectivity index (χ3n) is 2.46. The molecule has 5 heteroatoms. The van der Waals surface area contributed by atoms with E-state index in [4.69, 9.17) is 34.2 Å². The van der Waals surface area contributed by atoms with Crippen LogP contribution in [-0.2, 0) is 6.42 Å². The molecular weight excluding hydrogens is 269 g/mol. The van der Waals surface area contributed by atoms with Crippen LogP contribution in [0.4, 0.5) is 5.82 Å². The van der Waals surface area contributed by atoms with Gasteiger partial charge in [-0.1, -0.05) is 29.3 Å². The van der Waals surface area contributed by atoms with Crippen molar-refractivity contribution in [1.82, 2.24) is 4.98 Å². The fourth-order valence-corrected chi connectivity index (χ4v) is 2.19. The van der Waals surface area contributed by atoms with Crippen LogP contribution >= 0.6 is 23.2 Å². The van der Waals surface area contributed by atoms with Gasteiger partial charge < -0.3 is 5.73 Å². The Morgan fingerprint density at radius 3 is 2.56 bits per heavy atom. The maximum Gasteiger partial charge on any atom is 0.123 e. The SMILES string of the molecule is N#CCc1nc(N)ccc1-c1ccc(Cl)cc1Cl. The lowest BCUT2D eigenvalue weighted by Crippen LogP contribution is -1.98. The van der Waals surface area contributed by atoms with Gasteiger partial charge in [0, 0.05) is 21.2 Å². The monoisotopic (exact) mass is 277 g/mol. The largest absolute Gasteiger partial charge is 0.384 e. The Morgan fingerprint density at radius 2 is 1.89 bits per heavy atom. The number of pyridine rings is 1. The zero-order valence-corrected chi connectivity index (χ0v) is 10.8. The second-order valence-corrected chi connectivity index (χ2v) is 4.53. The molecular formula is C13H9Cl2N3. The molecule has 0 saturated carbocycles. The van der Waals surface area contributed by atoms with E-state index in [9.17, 15) is 0 Å². The number of halogens is 2. The number of nitrogens with two attached hydrogens (primary N) is 1. The summed E-state index contributed by atoms with van der Waals surface area (Å²) in [5.41, 5.74) is 7.83. The van der Waals surface area contributed by atoms with Gasteiger partial charge in [0.25, 0.3) is 0 Å². The topological polar surface area (TPSA) is 62.7 Å². The van der Waals surface area contributed by atoms with Crippen molar-refractivity contribution in [2.75, 3.05) is 5.73 Å². The van der Waals surface area contributed by atoms with E-state index in [1.807, 2.05) is 6.07 Å². The fraction of sp³-hybridized carbons (Fsp3) is 0.0769. The Balaban J connectivity index is 2.60. The van der Waals surface area contributed by atoms with Crippen molar-refractivity contribution in [2.45, 2.75) is 6.42 Å². The highest BCUT2D eigenvalue weighted by molar-refractivity contribution is 6.36. The van der Waals surface area contributed by atoms with Crippen LogP contribution in [0.15, 0.2) is 30.3 Å². The molecule has 3 nitrogen and oxygen atoms in total. The summed E-state index contributed by atoms with van der Waals surface area (Å²) in [5.74, 6) is 0.383. The molecule has 2 aromatic rings. The van der Waals surface area contributed by atoms with E-state index in [0.29, 0.717) is 21.6 Å². The zero-order valence-electron chi connectivity index (χ0n) is 9.32. The summed E-state index contributed by atoms with van der Waals surface area (Å²) in [6, 6.07) is 10.8. The Morgan fingerprint density at radius 1 is 1.17 bits per heavy atom. The maximum atomic E-state index is 8.81. The molecule has 0 unspecified atom stereocenters. The highest BCUT2D eigenvalue weighted by Crippen LogP contribution is 2.32. The number of nitriles is 1. The Bertz CT molecular complexity index is 633. The van der Waals surface area contributed by atoms with Crippen molar-refractivity contribution in [3.63, 3.8) is 0 Å². The molecule has 0 radical (unpaired) electrons. The number of aromatic nitrogens is 1. The minimum Gasteiger partial charge on any atom is -0.384 e. The summed E-state index contributed by atoms with van der Waals surface area (Å²) in [6.45, 7) is 0. The molecule has 90 valence electrons. The lowest BCUT2D eigenvalue weighted by Gasteiger charge is -2.09. The molecule has 0 aliphatic carbocycles. The first-order chi connectivity index (χ1) is 8.61. The van der Waals surface area contributed by atoms with Gasteiger partial charge in [0.2, 0.25) is 0 Å². The molecule has 1 aromatic carbocycles. The maximum absolute atomic E-state index is 8.81. The van der Waals surface area contributed by atoms with E-state index < -0.39 is 0 Å². The second kappa shape index (κ2) is 5.26. The average molecular weight is 278 g/mol. The summed E-state index contributed by atoms with van der Waals surface area (Å²) in [6.07, 6.45) is 0.180. The summed E-state index contributed by atoms with van der Waals surface area (Å²) < 4.78 is 0. The first-order valence-electron chi connectivity index (χ1n) is 5.19. The van der Waals surface area contributed by atoms with Gasteiger partial charge in [-0.15, -0.1) is 0 Å². The minimum atomic E-state index is 0.180. The van der Waals surface area contributed by atoms with Crippen molar-refractivity contribution in [3.05, 3.63) is 46.1 Å². The molecule has 0 saturated heterocycles. The number of hydrogen-bond donors (Lipinski definition) is 1. The summed E-state index contributed by atoms with van der Waals surface area (Å²) in [4.78, 5) is 4.17. The summed E-state index contributed by atoms with van der Waals surface area (Å²) >= 11 is 12.0. The molecule has 0 atom stereocenters. The standard InChI is InChI=1S/C13H9Cl2N3/c14-8-1-2-9(11(15)7-8)10-3-4-13(17)18-12(10)5-6-16/h1-4,7H,5H2,(H2,17,18). The predicted molar refractivity (Wildman–Crippen MR) is 73.4 cm³/mol. The molecule has 1 heterocycles. The number of hydrogen-bond acceptors (Lipinski definition) is 3. The normalized spacial score (nSPS) is 10.1. The summed E-state index contributed by atoms with van der Waals surface area (Å²) in [5, 5.41) is 9.90. The Labute approximate surface area is 115 Å². The third kappa shape index (κ3) is 2.56. The Hall–Kier alpha value is -1.76. The van der Waals surface area contributed by atoms with Crippen LogP contribution in [0.3, 0.4) is 0 Å². The highest BCUT2D eigenvalue weighted by atomic mass is 35.5. The van der Waals surface area contributed by atoms with Gasteiger partial charge in [-0.2, -0.15) is 5.26 Å². The smallest absolute Gasteiger partial charge is 0.123 e. The van der Waals surface area contributed by atoms with Crippen molar-refractivity contribution in [2.24, 2.45) is 0 Å². The Kier molecular flexibility index (Phi) is 3.71. The number of nitrogens with zero attached hydrogens (tertiary/aromatic N) is 2. The fourth-order valence-electron chi connectivity index (χ4n) is 1.68. The predicted octanol–water partition coefficient (Wildman–Crippen LogP) is 3.70. The van der Waals surface area contributed by atoms with E-state index in [0.717, 1.165) is 11.1 Å². The van der Waals surface area contributed by atoms with Crippen LogP contribution in [-0.4, -0.2) is 4.98 Å². The van der Waals surface area contributed by atoms with Gasteiger partial charge >= 0.3 is 0 Å². The van der Waals surface area contributed by atoms with Crippen LogP contribution in [0.25, 0.3) is 11.1 Å². The zero-order chi connectivity index (χ0) is 13.1. The summed E-state index contributed by atoms with van der Waals surface area (Å²) in [7, 11) is 0.